The van der Waals surface area contributed by atoms with E-state index in [4.69, 9.17) is 0 Å². The maximum atomic E-state index is 3.52. The molecule has 150 valence electrons. The van der Waals surface area contributed by atoms with Gasteiger partial charge in [0, 0.05) is 22.7 Å². The van der Waals surface area contributed by atoms with Gasteiger partial charge in [-0.2, -0.15) is 0 Å². The molecule has 0 atom stereocenters. The summed E-state index contributed by atoms with van der Waals surface area (Å²) in [6.07, 6.45) is 0. The molecule has 0 heterocycles. The molecule has 4 aromatic carbocycles. The fourth-order valence-electron chi connectivity index (χ4n) is 3.55. The van der Waals surface area contributed by atoms with Gasteiger partial charge in [-0.3, -0.25) is 0 Å². The molecule has 0 bridgehead atoms. The number of anilines is 4. The molecule has 0 unspecified atom stereocenters. The smallest absolute Gasteiger partial charge is 0.0414 e. The zero-order chi connectivity index (χ0) is 21.1. The molecule has 0 spiro atoms. The van der Waals surface area contributed by atoms with Crippen molar-refractivity contribution in [2.24, 2.45) is 0 Å². The highest BCUT2D eigenvalue weighted by Crippen LogP contribution is 2.30. The summed E-state index contributed by atoms with van der Waals surface area (Å²) in [6, 6.07) is 30.2. The van der Waals surface area contributed by atoms with Gasteiger partial charge in [-0.1, -0.05) is 47.5 Å². The van der Waals surface area contributed by atoms with Gasteiger partial charge in [0.2, 0.25) is 0 Å². The van der Waals surface area contributed by atoms with Crippen molar-refractivity contribution in [3.63, 3.8) is 0 Å². The van der Waals surface area contributed by atoms with Crippen LogP contribution in [0, 0.1) is 27.7 Å². The maximum Gasteiger partial charge on any atom is 0.0414 e. The van der Waals surface area contributed by atoms with Crippen LogP contribution in [0.5, 0.6) is 0 Å². The Morgan fingerprint density at radius 2 is 0.800 bits per heavy atom. The van der Waals surface area contributed by atoms with E-state index in [1.807, 2.05) is 0 Å². The average molecular weight is 393 g/mol. The third-order valence-electron chi connectivity index (χ3n) is 5.45. The van der Waals surface area contributed by atoms with Crippen LogP contribution in [0.2, 0.25) is 0 Å². The number of hydrogen-bond donors (Lipinski definition) is 2. The van der Waals surface area contributed by atoms with E-state index >= 15 is 0 Å². The highest BCUT2D eigenvalue weighted by Gasteiger charge is 2.06. The Morgan fingerprint density at radius 3 is 1.13 bits per heavy atom. The molecule has 0 aliphatic rings. The number of nitrogens with one attached hydrogen (secondary N) is 2. The summed E-state index contributed by atoms with van der Waals surface area (Å²) in [5.74, 6) is 0. The first-order chi connectivity index (χ1) is 14.5. The minimum atomic E-state index is 1.11. The molecule has 0 aliphatic heterocycles. The van der Waals surface area contributed by atoms with Crippen molar-refractivity contribution in [3.8, 4) is 11.1 Å². The van der Waals surface area contributed by atoms with Gasteiger partial charge < -0.3 is 10.6 Å². The minimum Gasteiger partial charge on any atom is -0.355 e. The topological polar surface area (TPSA) is 24.1 Å². The Hall–Kier alpha value is -3.52. The van der Waals surface area contributed by atoms with Crippen molar-refractivity contribution in [1.29, 1.82) is 0 Å². The molecule has 0 aliphatic carbocycles. The Morgan fingerprint density at radius 1 is 0.433 bits per heavy atom. The lowest BCUT2D eigenvalue weighted by Crippen LogP contribution is -1.95. The molecule has 0 radical (unpaired) electrons. The Balaban J connectivity index is 1.53. The van der Waals surface area contributed by atoms with Gasteiger partial charge in [0.15, 0.2) is 0 Å². The second kappa shape index (κ2) is 8.46. The summed E-state index contributed by atoms with van der Waals surface area (Å²) < 4.78 is 0. The van der Waals surface area contributed by atoms with Gasteiger partial charge in [-0.25, -0.2) is 0 Å². The first-order valence-corrected chi connectivity index (χ1v) is 10.4. The lowest BCUT2D eigenvalue weighted by atomic mass is 9.99. The second-order valence-electron chi connectivity index (χ2n) is 8.04. The molecule has 4 aromatic rings. The summed E-state index contributed by atoms with van der Waals surface area (Å²) in [5.41, 5.74) is 11.9. The maximum absolute atomic E-state index is 3.52. The van der Waals surface area contributed by atoms with E-state index < -0.39 is 0 Å². The largest absolute Gasteiger partial charge is 0.355 e. The zero-order valence-corrected chi connectivity index (χ0v) is 18.1. The normalized spacial score (nSPS) is 10.7. The van der Waals surface area contributed by atoms with E-state index in [0.717, 1.165) is 22.7 Å². The molecule has 4 rings (SSSR count). The van der Waals surface area contributed by atoms with Gasteiger partial charge in [0.1, 0.15) is 0 Å². The van der Waals surface area contributed by atoms with Crippen LogP contribution in [-0.2, 0) is 0 Å². The summed E-state index contributed by atoms with van der Waals surface area (Å²) in [4.78, 5) is 0. The van der Waals surface area contributed by atoms with Crippen LogP contribution in [0.1, 0.15) is 22.3 Å². The monoisotopic (exact) mass is 392 g/mol. The van der Waals surface area contributed by atoms with Crippen LogP contribution in [0.15, 0.2) is 84.9 Å². The summed E-state index contributed by atoms with van der Waals surface area (Å²) in [6.45, 7) is 8.52. The lowest BCUT2D eigenvalue weighted by molar-refractivity contribution is 1.39. The van der Waals surface area contributed by atoms with Crippen molar-refractivity contribution in [3.05, 3.63) is 107 Å². The molecule has 2 nitrogen and oxygen atoms in total. The van der Waals surface area contributed by atoms with Gasteiger partial charge in [-0.15, -0.1) is 0 Å². The van der Waals surface area contributed by atoms with E-state index in [1.165, 1.54) is 33.4 Å². The van der Waals surface area contributed by atoms with Gasteiger partial charge in [0.25, 0.3) is 0 Å². The predicted molar refractivity (Wildman–Crippen MR) is 130 cm³/mol. The van der Waals surface area contributed by atoms with Gasteiger partial charge in [0.05, 0.1) is 0 Å². The fraction of sp³-hybridized carbons (Fsp3) is 0.143. The molecular formula is C28H28N2. The van der Waals surface area contributed by atoms with Crippen LogP contribution >= 0.6 is 0 Å². The quantitative estimate of drug-likeness (QED) is 0.359. The highest BCUT2D eigenvalue weighted by molar-refractivity contribution is 5.74. The molecule has 0 fully saturated rings. The Bertz CT molecular complexity index is 1060. The van der Waals surface area contributed by atoms with E-state index in [9.17, 15) is 0 Å². The fourth-order valence-corrected chi connectivity index (χ4v) is 3.55. The van der Waals surface area contributed by atoms with E-state index in [2.05, 4.69) is 123 Å². The van der Waals surface area contributed by atoms with Crippen molar-refractivity contribution in [1.82, 2.24) is 0 Å². The van der Waals surface area contributed by atoms with Crippen LogP contribution in [0.4, 0.5) is 22.7 Å². The van der Waals surface area contributed by atoms with E-state index in [-0.39, 0.29) is 0 Å². The standard InChI is InChI=1S/C28H28N2/c1-19-5-11-25(12-6-19)29-27-15-9-23(17-21(27)3)24-10-16-28(22(4)18-24)30-26-13-7-20(2)8-14-26/h5-18,29-30H,1-4H3. The molecule has 0 aromatic heterocycles. The summed E-state index contributed by atoms with van der Waals surface area (Å²) >= 11 is 0. The molecule has 30 heavy (non-hydrogen) atoms. The molecule has 2 N–H and O–H groups in total. The molecule has 0 saturated carbocycles. The van der Waals surface area contributed by atoms with E-state index in [0.29, 0.717) is 0 Å². The van der Waals surface area contributed by atoms with Gasteiger partial charge >= 0.3 is 0 Å². The molecule has 0 saturated heterocycles. The number of aryl methyl sites for hydroxylation is 4. The number of hydrogen-bond acceptors (Lipinski definition) is 2. The van der Waals surface area contributed by atoms with Crippen LogP contribution in [-0.4, -0.2) is 0 Å². The summed E-state index contributed by atoms with van der Waals surface area (Å²) in [5, 5.41) is 7.04. The first-order valence-electron chi connectivity index (χ1n) is 10.4. The zero-order valence-electron chi connectivity index (χ0n) is 18.1. The minimum absolute atomic E-state index is 1.11. The van der Waals surface area contributed by atoms with Crippen molar-refractivity contribution < 1.29 is 0 Å². The lowest BCUT2D eigenvalue weighted by Gasteiger charge is -2.14. The van der Waals surface area contributed by atoms with Crippen LogP contribution in [0.25, 0.3) is 11.1 Å². The van der Waals surface area contributed by atoms with Crippen molar-refractivity contribution >= 4 is 22.7 Å². The van der Waals surface area contributed by atoms with Gasteiger partial charge in [-0.05, 0) is 98.5 Å². The Labute approximate surface area is 179 Å². The van der Waals surface area contributed by atoms with E-state index in [1.54, 1.807) is 0 Å². The third-order valence-corrected chi connectivity index (χ3v) is 5.45. The molecule has 2 heteroatoms. The van der Waals surface area contributed by atoms with Crippen molar-refractivity contribution in [2.75, 3.05) is 10.6 Å². The second-order valence-corrected chi connectivity index (χ2v) is 8.04. The molecular weight excluding hydrogens is 364 g/mol. The predicted octanol–water partition coefficient (Wildman–Crippen LogP) is 8.07. The number of rotatable bonds is 5. The molecule has 0 amide bonds. The Kier molecular flexibility index (Phi) is 5.58. The van der Waals surface area contributed by atoms with Crippen LogP contribution in [0.3, 0.4) is 0 Å². The van der Waals surface area contributed by atoms with Crippen molar-refractivity contribution in [2.45, 2.75) is 27.7 Å². The SMILES string of the molecule is Cc1ccc(Nc2ccc(-c3ccc(Nc4ccc(C)cc4)c(C)c3)cc2C)cc1. The third kappa shape index (κ3) is 4.55. The highest BCUT2D eigenvalue weighted by atomic mass is 14.9. The number of benzene rings is 4. The first kappa shape index (κ1) is 19.8. The average Bonchev–Trinajstić information content (AvgIpc) is 2.74. The van der Waals surface area contributed by atoms with Crippen LogP contribution < -0.4 is 10.6 Å². The summed E-state index contributed by atoms with van der Waals surface area (Å²) in [7, 11) is 0.